The minimum Gasteiger partial charge on any atom is -0.481 e. The molecule has 1 aromatic rings. The third-order valence-corrected chi connectivity index (χ3v) is 5.21. The highest BCUT2D eigenvalue weighted by molar-refractivity contribution is 5.97. The first-order valence-electron chi connectivity index (χ1n) is 8.57. The zero-order chi connectivity index (χ0) is 18.0. The Morgan fingerprint density at radius 2 is 2.00 bits per heavy atom. The first-order valence-corrected chi connectivity index (χ1v) is 8.57. The number of anilines is 1. The van der Waals surface area contributed by atoms with Crippen molar-refractivity contribution in [2.45, 2.75) is 25.8 Å². The van der Waals surface area contributed by atoms with Crippen molar-refractivity contribution in [1.29, 1.82) is 0 Å². The van der Waals surface area contributed by atoms with Crippen LogP contribution in [-0.2, 0) is 16.1 Å². The fourth-order valence-corrected chi connectivity index (χ4v) is 3.39. The van der Waals surface area contributed by atoms with Gasteiger partial charge in [-0.15, -0.1) is 0 Å². The number of carbonyl (C=O) groups is 3. The molecule has 3 rings (SSSR count). The van der Waals surface area contributed by atoms with Gasteiger partial charge in [0.25, 0.3) is 0 Å². The van der Waals surface area contributed by atoms with Crippen LogP contribution in [-0.4, -0.2) is 48.1 Å². The van der Waals surface area contributed by atoms with E-state index in [1.54, 1.807) is 11.9 Å². The Bertz CT molecular complexity index is 687. The van der Waals surface area contributed by atoms with Crippen molar-refractivity contribution < 1.29 is 19.5 Å². The molecule has 25 heavy (non-hydrogen) atoms. The van der Waals surface area contributed by atoms with Crippen molar-refractivity contribution >= 4 is 23.6 Å². The average molecular weight is 345 g/mol. The number of carboxylic acid groups (broad SMARTS) is 1. The second-order valence-electron chi connectivity index (χ2n) is 6.76. The number of benzene rings is 1. The maximum absolute atomic E-state index is 12.5. The van der Waals surface area contributed by atoms with E-state index in [1.807, 2.05) is 24.3 Å². The summed E-state index contributed by atoms with van der Waals surface area (Å²) in [6, 6.07) is 7.07. The summed E-state index contributed by atoms with van der Waals surface area (Å²) >= 11 is 0. The highest BCUT2D eigenvalue weighted by Crippen LogP contribution is 2.33. The van der Waals surface area contributed by atoms with Crippen LogP contribution >= 0.6 is 0 Å². The molecule has 0 spiro atoms. The predicted molar refractivity (Wildman–Crippen MR) is 92.1 cm³/mol. The number of hydrogen-bond donors (Lipinski definition) is 2. The molecule has 1 atom stereocenters. The van der Waals surface area contributed by atoms with E-state index in [-0.39, 0.29) is 24.9 Å². The lowest BCUT2D eigenvalue weighted by Gasteiger charge is -2.31. The second-order valence-corrected chi connectivity index (χ2v) is 6.76. The fraction of sp³-hybridized carbons (Fsp3) is 0.500. The number of carbonyl (C=O) groups excluding carboxylic acids is 2. The van der Waals surface area contributed by atoms with Crippen molar-refractivity contribution in [2.24, 2.45) is 11.8 Å². The minimum atomic E-state index is -0.873. The van der Waals surface area contributed by atoms with Crippen LogP contribution in [0.15, 0.2) is 24.3 Å². The molecule has 2 N–H and O–H groups in total. The molecular formula is C18H23N3O4. The molecule has 7 nitrogen and oxygen atoms in total. The van der Waals surface area contributed by atoms with Gasteiger partial charge in [-0.25, -0.2) is 4.79 Å². The molecule has 0 bridgehead atoms. The van der Waals surface area contributed by atoms with E-state index in [2.05, 4.69) is 5.32 Å². The maximum atomic E-state index is 12.5. The molecular weight excluding hydrogens is 322 g/mol. The molecule has 1 aliphatic carbocycles. The normalized spacial score (nSPS) is 18.8. The van der Waals surface area contributed by atoms with Gasteiger partial charge in [0, 0.05) is 19.3 Å². The van der Waals surface area contributed by atoms with E-state index in [4.69, 9.17) is 0 Å². The number of carboxylic acids is 1. The third kappa shape index (κ3) is 3.60. The van der Waals surface area contributed by atoms with E-state index in [0.29, 0.717) is 6.54 Å². The summed E-state index contributed by atoms with van der Waals surface area (Å²) in [5, 5.41) is 12.1. The number of para-hydroxylation sites is 1. The molecule has 7 heteroatoms. The van der Waals surface area contributed by atoms with Crippen molar-refractivity contribution in [1.82, 2.24) is 10.2 Å². The third-order valence-electron chi connectivity index (χ3n) is 5.21. The standard InChI is InChI=1S/C18H23N3O4/c1-20-15-8-3-2-5-13(15)10-21(11-16(20)22)18(25)19-9-14(17(23)24)12-6-4-7-12/h2-3,5,8,12,14H,4,6-7,9-11H2,1H3,(H,19,25)(H,23,24). The molecule has 1 aliphatic heterocycles. The molecule has 0 saturated heterocycles. The molecule has 2 aliphatic rings. The second kappa shape index (κ2) is 7.13. The molecule has 1 aromatic carbocycles. The van der Waals surface area contributed by atoms with Gasteiger partial charge in [-0.1, -0.05) is 24.6 Å². The quantitative estimate of drug-likeness (QED) is 0.869. The van der Waals surface area contributed by atoms with Crippen molar-refractivity contribution in [3.8, 4) is 0 Å². The molecule has 134 valence electrons. The van der Waals surface area contributed by atoms with Gasteiger partial charge in [0.15, 0.2) is 0 Å². The SMILES string of the molecule is CN1C(=O)CN(C(=O)NCC(C(=O)O)C2CCC2)Cc2ccccc21. The molecule has 3 amide bonds. The lowest BCUT2D eigenvalue weighted by molar-refractivity contribution is -0.144. The number of fused-ring (bicyclic) bond motifs is 1. The monoisotopic (exact) mass is 345 g/mol. The summed E-state index contributed by atoms with van der Waals surface area (Å²) < 4.78 is 0. The summed E-state index contributed by atoms with van der Waals surface area (Å²) in [6.45, 7) is 0.387. The number of nitrogens with one attached hydrogen (secondary N) is 1. The van der Waals surface area contributed by atoms with Gasteiger partial charge in [-0.3, -0.25) is 9.59 Å². The van der Waals surface area contributed by atoms with Gasteiger partial charge in [-0.05, 0) is 30.4 Å². The lowest BCUT2D eigenvalue weighted by Crippen LogP contribution is -2.47. The number of nitrogens with zero attached hydrogens (tertiary/aromatic N) is 2. The number of likely N-dealkylation sites (N-methyl/N-ethyl adjacent to an activating group) is 1. The molecule has 0 aromatic heterocycles. The number of rotatable bonds is 4. The van der Waals surface area contributed by atoms with E-state index < -0.39 is 17.9 Å². The van der Waals surface area contributed by atoms with Gasteiger partial charge in [0.2, 0.25) is 5.91 Å². The highest BCUT2D eigenvalue weighted by atomic mass is 16.4. The van der Waals surface area contributed by atoms with Crippen LogP contribution < -0.4 is 10.2 Å². The van der Waals surface area contributed by atoms with Crippen LogP contribution in [0.1, 0.15) is 24.8 Å². The summed E-state index contributed by atoms with van der Waals surface area (Å²) in [5.41, 5.74) is 1.68. The number of aliphatic carboxylic acids is 1. The Hall–Kier alpha value is -2.57. The zero-order valence-corrected chi connectivity index (χ0v) is 14.3. The topological polar surface area (TPSA) is 90.0 Å². The average Bonchev–Trinajstić information content (AvgIpc) is 2.67. The van der Waals surface area contributed by atoms with Gasteiger partial charge >= 0.3 is 12.0 Å². The molecule has 1 saturated carbocycles. The Kier molecular flexibility index (Phi) is 4.92. The number of urea groups is 1. The van der Waals surface area contributed by atoms with E-state index in [1.165, 1.54) is 4.90 Å². The Balaban J connectivity index is 1.67. The Labute approximate surface area is 146 Å². The first kappa shape index (κ1) is 17.3. The van der Waals surface area contributed by atoms with E-state index in [0.717, 1.165) is 30.5 Å². The van der Waals surface area contributed by atoms with Crippen molar-refractivity contribution in [2.75, 3.05) is 25.0 Å². The molecule has 1 unspecified atom stereocenters. The zero-order valence-electron chi connectivity index (χ0n) is 14.3. The molecule has 1 heterocycles. The Morgan fingerprint density at radius 3 is 2.64 bits per heavy atom. The summed E-state index contributed by atoms with van der Waals surface area (Å²) in [6.07, 6.45) is 2.84. The van der Waals surface area contributed by atoms with Crippen LogP contribution in [0.2, 0.25) is 0 Å². The summed E-state index contributed by atoms with van der Waals surface area (Å²) in [7, 11) is 1.69. The largest absolute Gasteiger partial charge is 0.481 e. The summed E-state index contributed by atoms with van der Waals surface area (Å²) in [5.74, 6) is -1.47. The van der Waals surface area contributed by atoms with Gasteiger partial charge < -0.3 is 20.2 Å². The summed E-state index contributed by atoms with van der Waals surface area (Å²) in [4.78, 5) is 39.2. The van der Waals surface area contributed by atoms with Gasteiger partial charge in [0.05, 0.1) is 12.5 Å². The first-order chi connectivity index (χ1) is 12.0. The van der Waals surface area contributed by atoms with Crippen molar-refractivity contribution in [3.63, 3.8) is 0 Å². The van der Waals surface area contributed by atoms with Crippen LogP contribution in [0.3, 0.4) is 0 Å². The van der Waals surface area contributed by atoms with Crippen LogP contribution in [0, 0.1) is 11.8 Å². The Morgan fingerprint density at radius 1 is 1.28 bits per heavy atom. The van der Waals surface area contributed by atoms with Crippen molar-refractivity contribution in [3.05, 3.63) is 29.8 Å². The van der Waals surface area contributed by atoms with E-state index in [9.17, 15) is 19.5 Å². The van der Waals surface area contributed by atoms with Crippen LogP contribution in [0.4, 0.5) is 10.5 Å². The van der Waals surface area contributed by atoms with Crippen LogP contribution in [0.5, 0.6) is 0 Å². The fourth-order valence-electron chi connectivity index (χ4n) is 3.39. The number of amides is 3. The lowest BCUT2D eigenvalue weighted by atomic mass is 9.76. The molecule has 0 radical (unpaired) electrons. The minimum absolute atomic E-state index is 0.0296. The smallest absolute Gasteiger partial charge is 0.318 e. The van der Waals surface area contributed by atoms with Crippen LogP contribution in [0.25, 0.3) is 0 Å². The van der Waals surface area contributed by atoms with Gasteiger partial charge in [-0.2, -0.15) is 0 Å². The highest BCUT2D eigenvalue weighted by Gasteiger charge is 2.33. The molecule has 1 fully saturated rings. The predicted octanol–water partition coefficient (Wildman–Crippen LogP) is 1.68. The van der Waals surface area contributed by atoms with E-state index >= 15 is 0 Å². The maximum Gasteiger partial charge on any atom is 0.318 e. The van der Waals surface area contributed by atoms with Gasteiger partial charge in [0.1, 0.15) is 6.54 Å². The number of hydrogen-bond acceptors (Lipinski definition) is 3.